The van der Waals surface area contributed by atoms with Crippen LogP contribution in [0.15, 0.2) is 79.7 Å². The second kappa shape index (κ2) is 11.4. The van der Waals surface area contributed by atoms with Crippen molar-refractivity contribution in [1.29, 1.82) is 0 Å². The third-order valence-electron chi connectivity index (χ3n) is 6.96. The number of methoxy groups -OCH3 is 1. The topological polar surface area (TPSA) is 98.4 Å². The van der Waals surface area contributed by atoms with E-state index in [-0.39, 0.29) is 5.91 Å². The van der Waals surface area contributed by atoms with Gasteiger partial charge in [0.15, 0.2) is 0 Å². The van der Waals surface area contributed by atoms with Crippen LogP contribution in [0.4, 0.5) is 23.0 Å². The Balaban J connectivity index is 1.49. The minimum atomic E-state index is -0.242. The molecule has 1 fully saturated rings. The first-order chi connectivity index (χ1) is 19.0. The zero-order chi connectivity index (χ0) is 27.4. The van der Waals surface area contributed by atoms with Crippen LogP contribution in [0.1, 0.15) is 6.42 Å². The first kappa shape index (κ1) is 26.0. The van der Waals surface area contributed by atoms with E-state index in [1.54, 1.807) is 25.5 Å². The third kappa shape index (κ3) is 5.63. The van der Waals surface area contributed by atoms with Crippen LogP contribution in [0.2, 0.25) is 0 Å². The first-order valence-electron chi connectivity index (χ1n) is 12.9. The lowest BCUT2D eigenvalue weighted by Crippen LogP contribution is -2.31. The number of benzene rings is 2. The molecule has 5 rings (SSSR count). The lowest BCUT2D eigenvalue weighted by Gasteiger charge is -2.25. The van der Waals surface area contributed by atoms with Gasteiger partial charge >= 0.3 is 0 Å². The van der Waals surface area contributed by atoms with E-state index in [2.05, 4.69) is 57.1 Å². The Morgan fingerprint density at radius 1 is 1.23 bits per heavy atom. The Morgan fingerprint density at radius 2 is 2.08 bits per heavy atom. The lowest BCUT2D eigenvalue weighted by atomic mass is 10.1. The average Bonchev–Trinajstić information content (AvgIpc) is 3.60. The van der Waals surface area contributed by atoms with Crippen LogP contribution < -0.4 is 20.3 Å². The molecule has 0 spiro atoms. The van der Waals surface area contributed by atoms with Gasteiger partial charge in [0.1, 0.15) is 5.75 Å². The molecule has 9 heteroatoms. The smallest absolute Gasteiger partial charge is 0.248 e. The lowest BCUT2D eigenvalue weighted by molar-refractivity contribution is -0.111. The highest BCUT2D eigenvalue weighted by Crippen LogP contribution is 2.40. The fourth-order valence-corrected chi connectivity index (χ4v) is 4.88. The highest BCUT2D eigenvalue weighted by atomic mass is 16.5. The van der Waals surface area contributed by atoms with E-state index in [1.807, 2.05) is 42.6 Å². The molecule has 9 nitrogen and oxygen atoms in total. The largest absolute Gasteiger partial charge is 0.494 e. The molecule has 1 amide bonds. The van der Waals surface area contributed by atoms with Gasteiger partial charge in [-0.1, -0.05) is 36.9 Å². The quantitative estimate of drug-likeness (QED) is 0.205. The van der Waals surface area contributed by atoms with Crippen LogP contribution >= 0.6 is 0 Å². The number of likely N-dealkylation sites (N-methyl/N-ethyl adjacent to an activating group) is 1. The van der Waals surface area contributed by atoms with Gasteiger partial charge in [-0.3, -0.25) is 4.79 Å². The molecule has 4 aromatic rings. The number of H-pyrrole nitrogens is 1. The number of aromatic nitrogens is 3. The number of para-hydroxylation sites is 1. The van der Waals surface area contributed by atoms with Gasteiger partial charge < -0.3 is 30.2 Å². The Kier molecular flexibility index (Phi) is 7.60. The number of hydrogen-bond acceptors (Lipinski definition) is 7. The molecule has 200 valence electrons. The first-order valence-corrected chi connectivity index (χ1v) is 12.9. The molecule has 1 aliphatic rings. The summed E-state index contributed by atoms with van der Waals surface area (Å²) in [6.45, 7) is 5.38. The van der Waals surface area contributed by atoms with E-state index >= 15 is 0 Å². The van der Waals surface area contributed by atoms with Crippen LogP contribution in [-0.4, -0.2) is 66.1 Å². The van der Waals surface area contributed by atoms with Crippen molar-refractivity contribution in [3.63, 3.8) is 0 Å². The number of carbonyl (C=O) groups is 1. The number of aromatic amines is 1. The summed E-state index contributed by atoms with van der Waals surface area (Å²) in [5.74, 6) is 0.800. The van der Waals surface area contributed by atoms with Crippen molar-refractivity contribution in [3.8, 4) is 17.0 Å². The van der Waals surface area contributed by atoms with Crippen LogP contribution in [-0.2, 0) is 4.79 Å². The number of ether oxygens (including phenoxy) is 1. The van der Waals surface area contributed by atoms with Crippen molar-refractivity contribution in [2.45, 2.75) is 12.5 Å². The summed E-state index contributed by atoms with van der Waals surface area (Å²) in [6, 6.07) is 14.2. The summed E-state index contributed by atoms with van der Waals surface area (Å²) < 4.78 is 5.78. The van der Waals surface area contributed by atoms with Gasteiger partial charge in [-0.2, -0.15) is 0 Å². The summed E-state index contributed by atoms with van der Waals surface area (Å²) in [7, 11) is 5.81. The average molecular weight is 524 g/mol. The predicted octanol–water partition coefficient (Wildman–Crippen LogP) is 5.20. The molecule has 1 atom stereocenters. The molecular weight excluding hydrogens is 490 g/mol. The van der Waals surface area contributed by atoms with E-state index in [0.29, 0.717) is 29.1 Å². The standard InChI is InChI=1S/C30H33N7O2/c1-5-6-11-29(38)33-25-16-26(28(39-4)17-27(25)37-15-13-20(19-37)36(2)3)35-30-31-14-12-24(34-30)22-18-32-23-10-8-7-9-21(22)23/h5-12,14,16-18,20,32H,1,13,15,19H2,2-4H3,(H,33,38)(H,31,34,35)/b11-6+/t20-/m1/s1. The fraction of sp³-hybridized carbons (Fsp3) is 0.233. The maximum absolute atomic E-state index is 12.7. The number of amides is 1. The molecule has 1 aliphatic heterocycles. The number of hydrogen-bond donors (Lipinski definition) is 3. The Bertz CT molecular complexity index is 1530. The van der Waals surface area contributed by atoms with Gasteiger partial charge in [-0.25, -0.2) is 9.97 Å². The summed E-state index contributed by atoms with van der Waals surface area (Å²) in [6.07, 6.45) is 9.35. The summed E-state index contributed by atoms with van der Waals surface area (Å²) in [5, 5.41) is 7.42. The van der Waals surface area contributed by atoms with Gasteiger partial charge in [-0.05, 0) is 38.7 Å². The predicted molar refractivity (Wildman–Crippen MR) is 158 cm³/mol. The summed E-state index contributed by atoms with van der Waals surface area (Å²) in [4.78, 5) is 29.7. The van der Waals surface area contributed by atoms with Crippen molar-refractivity contribution in [3.05, 3.63) is 79.7 Å². The molecular formula is C30H33N7O2. The molecule has 0 saturated carbocycles. The summed E-state index contributed by atoms with van der Waals surface area (Å²) >= 11 is 0. The van der Waals surface area contributed by atoms with Crippen molar-refractivity contribution in [1.82, 2.24) is 19.9 Å². The molecule has 0 bridgehead atoms. The molecule has 2 aromatic heterocycles. The van der Waals surface area contributed by atoms with E-state index in [4.69, 9.17) is 9.72 Å². The normalized spacial score (nSPS) is 15.3. The Morgan fingerprint density at radius 3 is 2.85 bits per heavy atom. The Hall–Kier alpha value is -4.63. The molecule has 1 saturated heterocycles. The van der Waals surface area contributed by atoms with Gasteiger partial charge in [0.25, 0.3) is 0 Å². The fourth-order valence-electron chi connectivity index (χ4n) is 4.88. The number of anilines is 4. The minimum absolute atomic E-state index is 0.242. The molecule has 3 heterocycles. The molecule has 0 radical (unpaired) electrons. The van der Waals surface area contributed by atoms with E-state index < -0.39 is 0 Å². The molecule has 0 unspecified atom stereocenters. The zero-order valence-corrected chi connectivity index (χ0v) is 22.4. The second-order valence-corrected chi connectivity index (χ2v) is 9.64. The van der Waals surface area contributed by atoms with Crippen LogP contribution in [0, 0.1) is 0 Å². The highest BCUT2D eigenvalue weighted by molar-refractivity contribution is 6.02. The summed E-state index contributed by atoms with van der Waals surface area (Å²) in [5.41, 5.74) is 5.03. The molecule has 2 aromatic carbocycles. The van der Waals surface area contributed by atoms with Crippen molar-refractivity contribution in [2.24, 2.45) is 0 Å². The van der Waals surface area contributed by atoms with Crippen molar-refractivity contribution < 1.29 is 9.53 Å². The van der Waals surface area contributed by atoms with Crippen LogP contribution in [0.5, 0.6) is 5.75 Å². The molecule has 0 aliphatic carbocycles. The maximum Gasteiger partial charge on any atom is 0.248 e. The van der Waals surface area contributed by atoms with Gasteiger partial charge in [-0.15, -0.1) is 0 Å². The van der Waals surface area contributed by atoms with E-state index in [9.17, 15) is 4.79 Å². The molecule has 39 heavy (non-hydrogen) atoms. The van der Waals surface area contributed by atoms with Crippen LogP contribution in [0.3, 0.4) is 0 Å². The number of carbonyl (C=O) groups excluding carboxylic acids is 1. The number of fused-ring (bicyclic) bond motifs is 1. The SMILES string of the molecule is C=C/C=C/C(=O)Nc1cc(Nc2nccc(-c3c[nH]c4ccccc34)n2)c(OC)cc1N1CC[C@@H](N(C)C)C1. The minimum Gasteiger partial charge on any atom is -0.494 e. The number of allylic oxidation sites excluding steroid dienone is 2. The molecule has 3 N–H and O–H groups in total. The number of rotatable bonds is 9. The van der Waals surface area contributed by atoms with Crippen molar-refractivity contribution in [2.75, 3.05) is 49.8 Å². The van der Waals surface area contributed by atoms with Gasteiger partial charge in [0, 0.05) is 60.1 Å². The zero-order valence-electron chi connectivity index (χ0n) is 22.4. The van der Waals surface area contributed by atoms with Crippen LogP contribution in [0.25, 0.3) is 22.2 Å². The Labute approximate surface area is 228 Å². The van der Waals surface area contributed by atoms with Gasteiger partial charge in [0.05, 0.1) is 29.9 Å². The number of nitrogens with one attached hydrogen (secondary N) is 3. The van der Waals surface area contributed by atoms with Gasteiger partial charge in [0.2, 0.25) is 11.9 Å². The monoisotopic (exact) mass is 523 g/mol. The number of nitrogens with zero attached hydrogens (tertiary/aromatic N) is 4. The van der Waals surface area contributed by atoms with E-state index in [1.165, 1.54) is 6.08 Å². The maximum atomic E-state index is 12.7. The highest BCUT2D eigenvalue weighted by Gasteiger charge is 2.27. The second-order valence-electron chi connectivity index (χ2n) is 9.64. The van der Waals surface area contributed by atoms with Crippen molar-refractivity contribution >= 4 is 39.8 Å². The van der Waals surface area contributed by atoms with E-state index in [0.717, 1.165) is 47.4 Å². The third-order valence-corrected chi connectivity index (χ3v) is 6.96.